The zero-order chi connectivity index (χ0) is 15.9. The molecule has 1 N–H and O–H groups in total. The first-order valence-corrected chi connectivity index (χ1v) is 7.81. The minimum Gasteiger partial charge on any atom is -0.363 e. The van der Waals surface area contributed by atoms with Gasteiger partial charge in [-0.25, -0.2) is 0 Å². The van der Waals surface area contributed by atoms with Crippen LogP contribution in [0.2, 0.25) is 0 Å². The number of allylic oxidation sites excluding steroid dienone is 6. The van der Waals surface area contributed by atoms with Crippen LogP contribution in [-0.2, 0) is 9.53 Å². The van der Waals surface area contributed by atoms with Crippen molar-refractivity contribution in [3.05, 3.63) is 46.7 Å². The summed E-state index contributed by atoms with van der Waals surface area (Å²) in [6, 6.07) is 2.07. The fourth-order valence-corrected chi connectivity index (χ4v) is 2.82. The molecule has 0 saturated heterocycles. The summed E-state index contributed by atoms with van der Waals surface area (Å²) in [4.78, 5) is 11.9. The minimum atomic E-state index is -0.285. The summed E-state index contributed by atoms with van der Waals surface area (Å²) < 4.78 is 5.53. The number of nitrogens with one attached hydrogen (secondary N) is 1. The lowest BCUT2D eigenvalue weighted by Gasteiger charge is -2.22. The van der Waals surface area contributed by atoms with Gasteiger partial charge in [0, 0.05) is 10.7 Å². The van der Waals surface area contributed by atoms with Crippen LogP contribution in [0.3, 0.4) is 0 Å². The number of nitrogens with zero attached hydrogens (tertiary/aromatic N) is 1. The van der Waals surface area contributed by atoms with Gasteiger partial charge in [-0.05, 0) is 37.5 Å². The van der Waals surface area contributed by atoms with Gasteiger partial charge < -0.3 is 10.1 Å². The van der Waals surface area contributed by atoms with Crippen molar-refractivity contribution in [3.63, 3.8) is 0 Å². The third-order valence-corrected chi connectivity index (χ3v) is 3.98. The molecule has 116 valence electrons. The second-order valence-corrected chi connectivity index (χ2v) is 6.00. The Kier molecular flexibility index (Phi) is 6.26. The lowest BCUT2D eigenvalue weighted by atomic mass is 10.0. The van der Waals surface area contributed by atoms with Crippen molar-refractivity contribution in [3.8, 4) is 6.07 Å². The lowest BCUT2D eigenvalue weighted by molar-refractivity contribution is -0.126. The van der Waals surface area contributed by atoms with E-state index in [9.17, 15) is 4.79 Å². The molecule has 2 unspecified atom stereocenters. The summed E-state index contributed by atoms with van der Waals surface area (Å²) in [6.07, 6.45) is 10.7. The zero-order valence-corrected chi connectivity index (χ0v) is 13.4. The Balaban J connectivity index is 1.86. The van der Waals surface area contributed by atoms with Gasteiger partial charge in [-0.1, -0.05) is 23.8 Å². The van der Waals surface area contributed by atoms with Crippen molar-refractivity contribution < 1.29 is 9.53 Å². The van der Waals surface area contributed by atoms with Gasteiger partial charge in [0.05, 0.1) is 23.1 Å². The normalized spacial score (nSPS) is 24.5. The molecule has 0 radical (unpaired) electrons. The van der Waals surface area contributed by atoms with E-state index in [4.69, 9.17) is 33.2 Å². The molecule has 0 aromatic rings. The number of ether oxygens (including phenoxy) is 1. The number of hydrogen-bond acceptors (Lipinski definition) is 3. The number of carbonyl (C=O) groups is 1. The van der Waals surface area contributed by atoms with Crippen molar-refractivity contribution in [1.82, 2.24) is 5.32 Å². The number of hydrogen-bond donors (Lipinski definition) is 1. The van der Waals surface area contributed by atoms with Crippen molar-refractivity contribution >= 4 is 29.1 Å². The molecule has 0 spiro atoms. The molecule has 0 aromatic heterocycles. The quantitative estimate of drug-likeness (QED) is 0.800. The van der Waals surface area contributed by atoms with Crippen LogP contribution in [0.4, 0.5) is 0 Å². The predicted octanol–water partition coefficient (Wildman–Crippen LogP) is 3.31. The average Bonchev–Trinajstić information content (AvgIpc) is 2.71. The standard InChI is InChI=1S/C16H16Cl2N2O2/c17-12-5-6-15(14(18)8-12)22-10-16(21)20-13-4-2-1-3-11(7-13)9-19/h2-4,7-8,12,15H,1,5-6,10H2,(H,20,21). The zero-order valence-electron chi connectivity index (χ0n) is 11.9. The molecular formula is C16H16Cl2N2O2. The van der Waals surface area contributed by atoms with Crippen LogP contribution < -0.4 is 5.32 Å². The fraction of sp³-hybridized carbons (Fsp3) is 0.375. The summed E-state index contributed by atoms with van der Waals surface area (Å²) >= 11 is 12.0. The number of nitriles is 1. The van der Waals surface area contributed by atoms with E-state index >= 15 is 0 Å². The molecule has 0 aliphatic heterocycles. The van der Waals surface area contributed by atoms with E-state index in [2.05, 4.69) is 11.4 Å². The van der Waals surface area contributed by atoms with Crippen molar-refractivity contribution in [2.24, 2.45) is 0 Å². The van der Waals surface area contributed by atoms with Crippen LogP contribution in [0, 0.1) is 11.3 Å². The first-order chi connectivity index (χ1) is 10.6. The van der Waals surface area contributed by atoms with Gasteiger partial charge in [0.2, 0.25) is 5.91 Å². The molecule has 4 nitrogen and oxygen atoms in total. The molecule has 2 atom stereocenters. The lowest BCUT2D eigenvalue weighted by Crippen LogP contribution is -2.30. The first-order valence-electron chi connectivity index (χ1n) is 6.99. The Morgan fingerprint density at radius 2 is 2.32 bits per heavy atom. The highest BCUT2D eigenvalue weighted by molar-refractivity contribution is 6.31. The number of halogens is 2. The van der Waals surface area contributed by atoms with Gasteiger partial charge in [0.15, 0.2) is 0 Å². The molecule has 2 aliphatic rings. The number of rotatable bonds is 4. The highest BCUT2D eigenvalue weighted by Crippen LogP contribution is 2.27. The van der Waals surface area contributed by atoms with E-state index in [1.165, 1.54) is 0 Å². The van der Waals surface area contributed by atoms with E-state index in [1.807, 2.05) is 6.08 Å². The Labute approximate surface area is 139 Å². The molecule has 0 fully saturated rings. The highest BCUT2D eigenvalue weighted by Gasteiger charge is 2.22. The predicted molar refractivity (Wildman–Crippen MR) is 86.2 cm³/mol. The maximum atomic E-state index is 11.9. The van der Waals surface area contributed by atoms with E-state index in [0.717, 1.165) is 6.42 Å². The maximum absolute atomic E-state index is 11.9. The topological polar surface area (TPSA) is 62.1 Å². The largest absolute Gasteiger partial charge is 0.363 e. The third-order valence-electron chi connectivity index (χ3n) is 3.26. The molecule has 1 amide bonds. The highest BCUT2D eigenvalue weighted by atomic mass is 35.5. The van der Waals surface area contributed by atoms with Crippen LogP contribution in [-0.4, -0.2) is 24.0 Å². The SMILES string of the molecule is N#CC1=CCC=CC(NC(=O)COC2CCC(Cl)C=C2Cl)=C1. The molecule has 0 heterocycles. The van der Waals surface area contributed by atoms with Gasteiger partial charge >= 0.3 is 0 Å². The Hall–Kier alpha value is -1.54. The molecule has 2 aliphatic carbocycles. The first kappa shape index (κ1) is 16.8. The molecular weight excluding hydrogens is 323 g/mol. The van der Waals surface area contributed by atoms with Gasteiger partial charge in [-0.2, -0.15) is 5.26 Å². The molecule has 0 bridgehead atoms. The van der Waals surface area contributed by atoms with Crippen LogP contribution in [0.5, 0.6) is 0 Å². The number of alkyl halides is 1. The van der Waals surface area contributed by atoms with E-state index in [0.29, 0.717) is 29.1 Å². The monoisotopic (exact) mass is 338 g/mol. The van der Waals surface area contributed by atoms with Gasteiger partial charge in [0.1, 0.15) is 6.61 Å². The minimum absolute atomic E-state index is 0.0707. The van der Waals surface area contributed by atoms with Gasteiger partial charge in [-0.3, -0.25) is 4.79 Å². The van der Waals surface area contributed by atoms with Gasteiger partial charge in [-0.15, -0.1) is 11.6 Å². The van der Waals surface area contributed by atoms with E-state index < -0.39 is 0 Å². The van der Waals surface area contributed by atoms with Crippen LogP contribution in [0.25, 0.3) is 0 Å². The molecule has 6 heteroatoms. The maximum Gasteiger partial charge on any atom is 0.250 e. The Bertz CT molecular complexity index is 600. The molecule has 2 rings (SSSR count). The average molecular weight is 339 g/mol. The fourth-order valence-electron chi connectivity index (χ4n) is 2.17. The van der Waals surface area contributed by atoms with Crippen LogP contribution in [0.15, 0.2) is 46.7 Å². The molecule has 22 heavy (non-hydrogen) atoms. The second-order valence-electron chi connectivity index (χ2n) is 5.00. The van der Waals surface area contributed by atoms with Gasteiger partial charge in [0.25, 0.3) is 0 Å². The summed E-state index contributed by atoms with van der Waals surface area (Å²) in [7, 11) is 0. The van der Waals surface area contributed by atoms with Crippen LogP contribution >= 0.6 is 23.2 Å². The van der Waals surface area contributed by atoms with Crippen molar-refractivity contribution in [2.75, 3.05) is 6.61 Å². The summed E-state index contributed by atoms with van der Waals surface area (Å²) in [5.41, 5.74) is 1.10. The van der Waals surface area contributed by atoms with Crippen molar-refractivity contribution in [2.45, 2.75) is 30.7 Å². The second kappa shape index (κ2) is 8.19. The van der Waals surface area contributed by atoms with E-state index in [-0.39, 0.29) is 24.0 Å². The third kappa shape index (κ3) is 5.03. The molecule has 0 saturated carbocycles. The smallest absolute Gasteiger partial charge is 0.250 e. The Morgan fingerprint density at radius 1 is 1.50 bits per heavy atom. The van der Waals surface area contributed by atoms with Crippen LogP contribution in [0.1, 0.15) is 19.3 Å². The summed E-state index contributed by atoms with van der Waals surface area (Å²) in [5, 5.41) is 12.1. The van der Waals surface area contributed by atoms with E-state index in [1.54, 1.807) is 24.3 Å². The summed E-state index contributed by atoms with van der Waals surface area (Å²) in [6.45, 7) is -0.0987. The number of carbonyl (C=O) groups excluding carboxylic acids is 1. The Morgan fingerprint density at radius 3 is 3.05 bits per heavy atom. The molecule has 0 aromatic carbocycles. The van der Waals surface area contributed by atoms with Crippen molar-refractivity contribution in [1.29, 1.82) is 5.26 Å². The summed E-state index contributed by atoms with van der Waals surface area (Å²) in [5.74, 6) is -0.285. The number of amides is 1.